The first kappa shape index (κ1) is 17.6. The SMILES string of the molecule is Nc1ncccc1NCc1cc(CC(=O)c2cc3ccccc3cn2)ccn1. The highest BCUT2D eigenvalue weighted by Crippen LogP contribution is 2.17. The summed E-state index contributed by atoms with van der Waals surface area (Å²) in [4.78, 5) is 25.4. The number of nitrogen functional groups attached to an aromatic ring is 1. The van der Waals surface area contributed by atoms with Gasteiger partial charge in [-0.1, -0.05) is 24.3 Å². The monoisotopic (exact) mass is 369 g/mol. The molecule has 4 rings (SSSR count). The predicted molar refractivity (Wildman–Crippen MR) is 110 cm³/mol. The molecule has 3 aromatic heterocycles. The summed E-state index contributed by atoms with van der Waals surface area (Å²) in [6, 6.07) is 17.2. The molecule has 28 heavy (non-hydrogen) atoms. The lowest BCUT2D eigenvalue weighted by atomic mass is 10.0. The van der Waals surface area contributed by atoms with E-state index in [0.717, 1.165) is 27.7 Å². The van der Waals surface area contributed by atoms with E-state index in [9.17, 15) is 4.79 Å². The lowest BCUT2D eigenvalue weighted by Crippen LogP contribution is -2.08. The molecule has 3 heterocycles. The molecule has 0 atom stereocenters. The standard InChI is InChI=1S/C22H19N5O/c23-22-19(6-3-8-25-22)27-14-18-10-15(7-9-24-18)11-21(28)20-12-16-4-1-2-5-17(16)13-26-20/h1-10,12-13,27H,11,14H2,(H2,23,25). The number of anilines is 2. The van der Waals surface area contributed by atoms with E-state index >= 15 is 0 Å². The highest BCUT2D eigenvalue weighted by Gasteiger charge is 2.10. The second-order valence-corrected chi connectivity index (χ2v) is 6.46. The summed E-state index contributed by atoms with van der Waals surface area (Å²) >= 11 is 0. The van der Waals surface area contributed by atoms with Crippen LogP contribution < -0.4 is 11.1 Å². The van der Waals surface area contributed by atoms with E-state index in [1.165, 1.54) is 0 Å². The molecule has 0 spiro atoms. The van der Waals surface area contributed by atoms with Crippen LogP contribution in [0, 0.1) is 0 Å². The third kappa shape index (κ3) is 3.96. The lowest BCUT2D eigenvalue weighted by Gasteiger charge is -2.09. The Bertz CT molecular complexity index is 1140. The fourth-order valence-corrected chi connectivity index (χ4v) is 3.00. The van der Waals surface area contributed by atoms with Gasteiger partial charge in [0.15, 0.2) is 5.78 Å². The maximum atomic E-state index is 12.7. The van der Waals surface area contributed by atoms with Gasteiger partial charge in [0.2, 0.25) is 0 Å². The van der Waals surface area contributed by atoms with Crippen molar-refractivity contribution in [3.05, 3.63) is 90.1 Å². The normalized spacial score (nSPS) is 10.7. The first-order chi connectivity index (χ1) is 13.7. The minimum atomic E-state index is -0.0210. The van der Waals surface area contributed by atoms with E-state index in [4.69, 9.17) is 5.73 Å². The lowest BCUT2D eigenvalue weighted by molar-refractivity contribution is 0.0988. The minimum Gasteiger partial charge on any atom is -0.382 e. The van der Waals surface area contributed by atoms with Crippen LogP contribution in [-0.4, -0.2) is 20.7 Å². The fraction of sp³-hybridized carbons (Fsp3) is 0.0909. The molecule has 0 unspecified atom stereocenters. The van der Waals surface area contributed by atoms with Crippen LogP contribution in [0.1, 0.15) is 21.7 Å². The molecular formula is C22H19N5O. The predicted octanol–water partition coefficient (Wildman–Crippen LogP) is 3.64. The summed E-state index contributed by atoms with van der Waals surface area (Å²) in [5.41, 5.74) is 8.78. The summed E-state index contributed by atoms with van der Waals surface area (Å²) in [6.45, 7) is 0.492. The molecule has 0 saturated carbocycles. The number of benzene rings is 1. The molecule has 6 heteroatoms. The van der Waals surface area contributed by atoms with Crippen LogP contribution in [0.4, 0.5) is 11.5 Å². The van der Waals surface area contributed by atoms with E-state index in [1.54, 1.807) is 18.6 Å². The average molecular weight is 369 g/mol. The number of nitrogens with two attached hydrogens (primary N) is 1. The Kier molecular flexibility index (Phi) is 4.93. The highest BCUT2D eigenvalue weighted by atomic mass is 16.1. The molecule has 0 bridgehead atoms. The Hall–Kier alpha value is -3.80. The molecule has 0 aliphatic rings. The Morgan fingerprint density at radius 1 is 0.929 bits per heavy atom. The first-order valence-electron chi connectivity index (χ1n) is 8.95. The second kappa shape index (κ2) is 7.84. The van der Waals surface area contributed by atoms with Crippen molar-refractivity contribution in [3.8, 4) is 0 Å². The van der Waals surface area contributed by atoms with Gasteiger partial charge in [0.25, 0.3) is 0 Å². The molecule has 0 fully saturated rings. The van der Waals surface area contributed by atoms with E-state index < -0.39 is 0 Å². The van der Waals surface area contributed by atoms with Crippen molar-refractivity contribution >= 4 is 28.1 Å². The van der Waals surface area contributed by atoms with Gasteiger partial charge in [-0.2, -0.15) is 0 Å². The molecule has 1 aromatic carbocycles. The molecule has 0 amide bonds. The quantitative estimate of drug-likeness (QED) is 0.504. The summed E-state index contributed by atoms with van der Waals surface area (Å²) < 4.78 is 0. The Labute approximate surface area is 162 Å². The zero-order valence-electron chi connectivity index (χ0n) is 15.2. The molecule has 3 N–H and O–H groups in total. The smallest absolute Gasteiger partial charge is 0.185 e. The number of carbonyl (C=O) groups excluding carboxylic acids is 1. The molecule has 6 nitrogen and oxygen atoms in total. The van der Waals surface area contributed by atoms with Crippen molar-refractivity contribution in [1.82, 2.24) is 15.0 Å². The largest absolute Gasteiger partial charge is 0.382 e. The highest BCUT2D eigenvalue weighted by molar-refractivity contribution is 5.98. The number of fused-ring (bicyclic) bond motifs is 1. The van der Waals surface area contributed by atoms with Crippen LogP contribution >= 0.6 is 0 Å². The molecule has 4 aromatic rings. The fourth-order valence-electron chi connectivity index (χ4n) is 3.00. The minimum absolute atomic E-state index is 0.0210. The van der Waals surface area contributed by atoms with Gasteiger partial charge < -0.3 is 11.1 Å². The summed E-state index contributed by atoms with van der Waals surface area (Å²) in [5.74, 6) is 0.420. The molecule has 0 aliphatic heterocycles. The van der Waals surface area contributed by atoms with Crippen LogP contribution in [0.15, 0.2) is 73.2 Å². The molecule has 0 aliphatic carbocycles. The van der Waals surface area contributed by atoms with Crippen LogP contribution in [0.5, 0.6) is 0 Å². The van der Waals surface area contributed by atoms with Crippen molar-refractivity contribution in [2.45, 2.75) is 13.0 Å². The van der Waals surface area contributed by atoms with Crippen LogP contribution in [-0.2, 0) is 13.0 Å². The third-order valence-corrected chi connectivity index (χ3v) is 4.46. The number of Topliss-reactive ketones (excluding diaryl/α,β-unsaturated/α-hetero) is 1. The maximum Gasteiger partial charge on any atom is 0.185 e. The van der Waals surface area contributed by atoms with Gasteiger partial charge in [0.1, 0.15) is 11.5 Å². The molecule has 138 valence electrons. The Balaban J connectivity index is 1.46. The van der Waals surface area contributed by atoms with Crippen LogP contribution in [0.25, 0.3) is 10.8 Å². The van der Waals surface area contributed by atoms with Crippen molar-refractivity contribution < 1.29 is 4.79 Å². The zero-order valence-corrected chi connectivity index (χ0v) is 15.2. The number of pyridine rings is 3. The summed E-state index contributed by atoms with van der Waals surface area (Å²) in [6.07, 6.45) is 5.37. The van der Waals surface area contributed by atoms with Crippen molar-refractivity contribution in [1.29, 1.82) is 0 Å². The molecule has 0 saturated heterocycles. The number of nitrogens with one attached hydrogen (secondary N) is 1. The van der Waals surface area contributed by atoms with Gasteiger partial charge in [0.05, 0.1) is 17.9 Å². The topological polar surface area (TPSA) is 93.8 Å². The Morgan fingerprint density at radius 2 is 1.79 bits per heavy atom. The number of rotatable bonds is 6. The van der Waals surface area contributed by atoms with Gasteiger partial charge in [-0.15, -0.1) is 0 Å². The average Bonchev–Trinajstić information content (AvgIpc) is 2.73. The van der Waals surface area contributed by atoms with Gasteiger partial charge >= 0.3 is 0 Å². The number of carbonyl (C=O) groups is 1. The maximum absolute atomic E-state index is 12.7. The first-order valence-corrected chi connectivity index (χ1v) is 8.95. The van der Waals surface area contributed by atoms with Crippen molar-refractivity contribution in [3.63, 3.8) is 0 Å². The van der Waals surface area contributed by atoms with E-state index in [0.29, 0.717) is 18.1 Å². The summed E-state index contributed by atoms with van der Waals surface area (Å²) in [5, 5.41) is 5.24. The number of hydrogen-bond donors (Lipinski definition) is 2. The third-order valence-electron chi connectivity index (χ3n) is 4.46. The van der Waals surface area contributed by atoms with Gasteiger partial charge in [-0.3, -0.25) is 14.8 Å². The zero-order chi connectivity index (χ0) is 19.3. The van der Waals surface area contributed by atoms with Crippen LogP contribution in [0.3, 0.4) is 0 Å². The van der Waals surface area contributed by atoms with E-state index in [1.807, 2.05) is 54.6 Å². The summed E-state index contributed by atoms with van der Waals surface area (Å²) in [7, 11) is 0. The van der Waals surface area contributed by atoms with Crippen molar-refractivity contribution in [2.75, 3.05) is 11.1 Å². The van der Waals surface area contributed by atoms with Gasteiger partial charge in [0, 0.05) is 30.4 Å². The second-order valence-electron chi connectivity index (χ2n) is 6.46. The van der Waals surface area contributed by atoms with Gasteiger partial charge in [-0.25, -0.2) is 4.98 Å². The molecular weight excluding hydrogens is 350 g/mol. The number of aromatic nitrogens is 3. The number of nitrogens with zero attached hydrogens (tertiary/aromatic N) is 3. The van der Waals surface area contributed by atoms with E-state index in [-0.39, 0.29) is 12.2 Å². The number of ketones is 1. The Morgan fingerprint density at radius 3 is 2.64 bits per heavy atom. The van der Waals surface area contributed by atoms with E-state index in [2.05, 4.69) is 20.3 Å². The van der Waals surface area contributed by atoms with Gasteiger partial charge in [-0.05, 0) is 41.3 Å². The van der Waals surface area contributed by atoms with Crippen molar-refractivity contribution in [2.24, 2.45) is 0 Å². The number of hydrogen-bond acceptors (Lipinski definition) is 6. The molecule has 0 radical (unpaired) electrons. The van der Waals surface area contributed by atoms with Crippen LogP contribution in [0.2, 0.25) is 0 Å².